The number of aromatic amines is 1. The number of aryl methyl sites for hydroxylation is 1. The van der Waals surface area contributed by atoms with E-state index in [-0.39, 0.29) is 48.3 Å². The highest BCUT2D eigenvalue weighted by molar-refractivity contribution is 5.85. The number of rotatable bonds is 12. The van der Waals surface area contributed by atoms with Crippen LogP contribution in [0.4, 0.5) is 22.0 Å². The Labute approximate surface area is 251 Å². The van der Waals surface area contributed by atoms with Crippen LogP contribution in [0.1, 0.15) is 88.7 Å². The van der Waals surface area contributed by atoms with Crippen molar-refractivity contribution in [1.29, 1.82) is 0 Å². The third-order valence-corrected chi connectivity index (χ3v) is 8.40. The zero-order chi connectivity index (χ0) is 31.5. The molecule has 0 fully saturated rings. The molecule has 236 valence electrons. The van der Waals surface area contributed by atoms with E-state index in [1.54, 1.807) is 4.90 Å². The summed E-state index contributed by atoms with van der Waals surface area (Å²) < 4.78 is 74.7. The van der Waals surface area contributed by atoms with Crippen LogP contribution in [0, 0.1) is 17.0 Å². The highest BCUT2D eigenvalue weighted by Crippen LogP contribution is 2.44. The summed E-state index contributed by atoms with van der Waals surface area (Å²) >= 11 is 0. The number of carbonyl (C=O) groups is 1. The molecule has 1 aliphatic heterocycles. The van der Waals surface area contributed by atoms with Gasteiger partial charge in [0.2, 0.25) is 5.91 Å². The summed E-state index contributed by atoms with van der Waals surface area (Å²) in [5.74, 6) is -4.68. The Morgan fingerprint density at radius 2 is 1.77 bits per heavy atom. The molecule has 2 heterocycles. The van der Waals surface area contributed by atoms with Crippen LogP contribution in [0.3, 0.4) is 0 Å². The molecule has 3 aromatic rings. The van der Waals surface area contributed by atoms with Gasteiger partial charge in [-0.05, 0) is 61.3 Å². The number of benzene rings is 2. The van der Waals surface area contributed by atoms with Crippen LogP contribution in [0.5, 0.6) is 0 Å². The Balaban J connectivity index is 1.69. The topological polar surface area (TPSA) is 39.3 Å². The average Bonchev–Trinajstić information content (AvgIpc) is 3.30. The van der Waals surface area contributed by atoms with Crippen LogP contribution < -0.4 is 0 Å². The van der Waals surface area contributed by atoms with Gasteiger partial charge in [0.15, 0.2) is 0 Å². The molecule has 9 heteroatoms. The molecule has 2 atom stereocenters. The Bertz CT molecular complexity index is 1410. The smallest absolute Gasteiger partial charge is 0.260 e. The van der Waals surface area contributed by atoms with E-state index < -0.39 is 42.9 Å². The van der Waals surface area contributed by atoms with Gasteiger partial charge in [0, 0.05) is 54.1 Å². The van der Waals surface area contributed by atoms with Gasteiger partial charge in [-0.1, -0.05) is 52.0 Å². The first-order valence-corrected chi connectivity index (χ1v) is 15.3. The Hall–Kier alpha value is -2.94. The van der Waals surface area contributed by atoms with Crippen LogP contribution in [0.2, 0.25) is 0 Å². The molecule has 1 unspecified atom stereocenters. The second-order valence-corrected chi connectivity index (χ2v) is 13.1. The first kappa shape index (κ1) is 33.0. The SMILES string of the molecule is CCC(F)(F)CN1C(c2c(F)ccc(CCCN(CCCF)C(=O)CC(C)(C)C)c2F)c2[nH]c3ccccc3c2C[C@H]1C. The molecular weight excluding hydrogens is 561 g/mol. The van der Waals surface area contributed by atoms with E-state index in [0.29, 0.717) is 31.5 Å². The predicted molar refractivity (Wildman–Crippen MR) is 161 cm³/mol. The van der Waals surface area contributed by atoms with Gasteiger partial charge in [0.05, 0.1) is 19.3 Å². The number of nitrogens with zero attached hydrogens (tertiary/aromatic N) is 2. The Kier molecular flexibility index (Phi) is 10.2. The molecule has 1 N–H and O–H groups in total. The third-order valence-electron chi connectivity index (χ3n) is 8.40. The third kappa shape index (κ3) is 7.59. The van der Waals surface area contributed by atoms with Crippen LogP contribution >= 0.6 is 0 Å². The lowest BCUT2D eigenvalue weighted by molar-refractivity contribution is -0.133. The van der Waals surface area contributed by atoms with Crippen molar-refractivity contribution in [1.82, 2.24) is 14.8 Å². The summed E-state index contributed by atoms with van der Waals surface area (Å²) in [7, 11) is 0. The van der Waals surface area contributed by atoms with Crippen LogP contribution in [0.15, 0.2) is 36.4 Å². The maximum absolute atomic E-state index is 16.4. The highest BCUT2D eigenvalue weighted by atomic mass is 19.3. The van der Waals surface area contributed by atoms with Gasteiger partial charge in [-0.25, -0.2) is 17.6 Å². The largest absolute Gasteiger partial charge is 0.357 e. The highest BCUT2D eigenvalue weighted by Gasteiger charge is 2.43. The summed E-state index contributed by atoms with van der Waals surface area (Å²) in [6.07, 6.45) is 1.20. The van der Waals surface area contributed by atoms with Crippen LogP contribution in [-0.2, 0) is 17.6 Å². The lowest BCUT2D eigenvalue weighted by Crippen LogP contribution is -2.48. The number of carbonyl (C=O) groups excluding carboxylic acids is 1. The zero-order valence-electron chi connectivity index (χ0n) is 25.9. The number of aromatic nitrogens is 1. The van der Waals surface area contributed by atoms with Crippen LogP contribution in [-0.4, -0.2) is 59.0 Å². The fourth-order valence-corrected chi connectivity index (χ4v) is 6.14. The van der Waals surface area contributed by atoms with Gasteiger partial charge in [-0.2, -0.15) is 0 Å². The fraction of sp³-hybridized carbons (Fsp3) is 0.559. The molecule has 0 spiro atoms. The number of nitrogens with one attached hydrogen (secondary N) is 1. The van der Waals surface area contributed by atoms with Crippen molar-refractivity contribution in [3.05, 3.63) is 70.4 Å². The predicted octanol–water partition coefficient (Wildman–Crippen LogP) is 8.38. The fourth-order valence-electron chi connectivity index (χ4n) is 6.14. The van der Waals surface area contributed by atoms with Gasteiger partial charge in [-0.15, -0.1) is 0 Å². The molecule has 4 nitrogen and oxygen atoms in total. The molecule has 0 aliphatic carbocycles. The number of fused-ring (bicyclic) bond motifs is 3. The summed E-state index contributed by atoms with van der Waals surface area (Å²) in [6.45, 7) is 8.50. The molecule has 4 rings (SSSR count). The van der Waals surface area contributed by atoms with Gasteiger partial charge >= 0.3 is 0 Å². The molecular formula is C34H44F5N3O. The first-order valence-electron chi connectivity index (χ1n) is 15.3. The maximum Gasteiger partial charge on any atom is 0.260 e. The number of alkyl halides is 3. The second kappa shape index (κ2) is 13.4. The quantitative estimate of drug-likeness (QED) is 0.211. The molecule has 1 aliphatic rings. The average molecular weight is 606 g/mol. The number of halogens is 5. The van der Waals surface area contributed by atoms with Crippen molar-refractivity contribution < 1.29 is 26.7 Å². The van der Waals surface area contributed by atoms with Gasteiger partial charge in [-0.3, -0.25) is 14.1 Å². The Morgan fingerprint density at radius 1 is 1.07 bits per heavy atom. The Morgan fingerprint density at radius 3 is 2.44 bits per heavy atom. The molecule has 1 amide bonds. The van der Waals surface area contributed by atoms with Crippen molar-refractivity contribution in [3.8, 4) is 0 Å². The molecule has 2 aromatic carbocycles. The van der Waals surface area contributed by atoms with E-state index in [4.69, 9.17) is 0 Å². The van der Waals surface area contributed by atoms with Crippen LogP contribution in [0.25, 0.3) is 10.9 Å². The van der Waals surface area contributed by atoms with Gasteiger partial charge in [0.25, 0.3) is 5.92 Å². The van der Waals surface area contributed by atoms with E-state index in [9.17, 15) is 18.0 Å². The number of hydrogen-bond donors (Lipinski definition) is 1. The summed E-state index contributed by atoms with van der Waals surface area (Å²) in [5.41, 5.74) is 1.98. The van der Waals surface area contributed by atoms with Gasteiger partial charge < -0.3 is 9.88 Å². The minimum absolute atomic E-state index is 0.0868. The standard InChI is InChI=1S/C34H44F5N3O/c1-6-34(38,39)21-42-22(2)19-25-24-12-7-8-13-27(24)40-31(25)32(42)29-26(36)15-14-23(30(29)37)11-9-17-41(18-10-16-35)28(43)20-33(3,4)5/h7-8,12-15,22,32,40H,6,9-11,16-21H2,1-5H3/t22-,32?/m1/s1. The molecule has 43 heavy (non-hydrogen) atoms. The van der Waals surface area contributed by atoms with E-state index in [2.05, 4.69) is 4.98 Å². The first-order chi connectivity index (χ1) is 20.3. The number of amides is 1. The number of para-hydroxylation sites is 1. The summed E-state index contributed by atoms with van der Waals surface area (Å²) in [6, 6.07) is 8.68. The molecule has 0 saturated carbocycles. The van der Waals surface area contributed by atoms with Gasteiger partial charge in [0.1, 0.15) is 11.6 Å². The summed E-state index contributed by atoms with van der Waals surface area (Å²) in [5, 5.41) is 0.918. The van der Waals surface area contributed by atoms with Crippen molar-refractivity contribution in [2.24, 2.45) is 5.41 Å². The zero-order valence-corrected chi connectivity index (χ0v) is 25.9. The number of H-pyrrole nitrogens is 1. The van der Waals surface area contributed by atoms with Crippen molar-refractivity contribution >= 4 is 16.8 Å². The molecule has 0 saturated heterocycles. The van der Waals surface area contributed by atoms with Crippen molar-refractivity contribution in [2.75, 3.05) is 26.3 Å². The van der Waals surface area contributed by atoms with E-state index in [0.717, 1.165) is 16.5 Å². The minimum atomic E-state index is -3.04. The minimum Gasteiger partial charge on any atom is -0.357 e. The summed E-state index contributed by atoms with van der Waals surface area (Å²) in [4.78, 5) is 19.3. The second-order valence-electron chi connectivity index (χ2n) is 13.1. The molecule has 0 bridgehead atoms. The van der Waals surface area contributed by atoms with E-state index >= 15 is 8.78 Å². The lowest BCUT2D eigenvalue weighted by Gasteiger charge is -2.42. The monoisotopic (exact) mass is 605 g/mol. The molecule has 0 radical (unpaired) electrons. The lowest BCUT2D eigenvalue weighted by atomic mass is 9.86. The number of hydrogen-bond acceptors (Lipinski definition) is 2. The van der Waals surface area contributed by atoms with E-state index in [1.165, 1.54) is 24.0 Å². The van der Waals surface area contributed by atoms with Crippen molar-refractivity contribution in [2.45, 2.75) is 91.1 Å². The van der Waals surface area contributed by atoms with E-state index in [1.807, 2.05) is 52.0 Å². The molecule has 1 aromatic heterocycles. The maximum atomic E-state index is 16.4. The normalized spacial score (nSPS) is 17.8. The van der Waals surface area contributed by atoms with Crippen molar-refractivity contribution in [3.63, 3.8) is 0 Å².